The summed E-state index contributed by atoms with van der Waals surface area (Å²) in [6, 6.07) is 9.47. The molecule has 11 heteroatoms. The maximum atomic E-state index is 14.8. The van der Waals surface area contributed by atoms with Crippen molar-refractivity contribution in [2.45, 2.75) is 58.0 Å². The van der Waals surface area contributed by atoms with Gasteiger partial charge in [-0.1, -0.05) is 19.9 Å². The number of anilines is 2. The van der Waals surface area contributed by atoms with Crippen LogP contribution in [0.25, 0.3) is 16.6 Å². The van der Waals surface area contributed by atoms with E-state index in [1.165, 1.54) is 26.8 Å². The molecule has 0 spiro atoms. The van der Waals surface area contributed by atoms with Crippen LogP contribution >= 0.6 is 0 Å². The summed E-state index contributed by atoms with van der Waals surface area (Å²) in [7, 11) is 0.177. The molecule has 2 N–H and O–H groups in total. The molecule has 1 aliphatic heterocycles. The summed E-state index contributed by atoms with van der Waals surface area (Å²) in [4.78, 5) is 41.7. The van der Waals surface area contributed by atoms with Crippen molar-refractivity contribution in [3.05, 3.63) is 90.1 Å². The summed E-state index contributed by atoms with van der Waals surface area (Å²) in [6.45, 7) is 7.70. The Balaban J connectivity index is 0.00000151. The lowest BCUT2D eigenvalue weighted by Crippen LogP contribution is -2.41. The van der Waals surface area contributed by atoms with E-state index in [4.69, 9.17) is 0 Å². The van der Waals surface area contributed by atoms with Gasteiger partial charge in [0.1, 0.15) is 28.0 Å². The van der Waals surface area contributed by atoms with Crippen molar-refractivity contribution in [3.63, 3.8) is 0 Å². The topological polar surface area (TPSA) is 107 Å². The Kier molecular flexibility index (Phi) is 6.90. The monoisotopic (exact) mass is 551 g/mol. The Morgan fingerprint density at radius 1 is 1.03 bits per heavy atom. The van der Waals surface area contributed by atoms with E-state index in [0.29, 0.717) is 30.0 Å². The van der Waals surface area contributed by atoms with Gasteiger partial charge in [-0.05, 0) is 68.1 Å². The number of rotatable bonds is 4. The third-order valence-corrected chi connectivity index (χ3v) is 8.23. The van der Waals surface area contributed by atoms with Gasteiger partial charge in [0.25, 0.3) is 11.1 Å². The first-order valence-corrected chi connectivity index (χ1v) is 14.0. The summed E-state index contributed by atoms with van der Waals surface area (Å²) in [5.74, 6) is -0.429. The van der Waals surface area contributed by atoms with Gasteiger partial charge < -0.3 is 5.32 Å². The zero-order valence-corrected chi connectivity index (χ0v) is 23.2. The number of hydrogen-bond acceptors (Lipinski definition) is 5. The average Bonchev–Trinajstić information content (AvgIpc) is 3.69. The summed E-state index contributed by atoms with van der Waals surface area (Å²) >= 11 is 0. The molecule has 4 aromatic rings. The van der Waals surface area contributed by atoms with Crippen molar-refractivity contribution < 1.29 is 8.60 Å². The van der Waals surface area contributed by atoms with Crippen molar-refractivity contribution >= 4 is 33.4 Å². The molecule has 1 atom stereocenters. The van der Waals surface area contributed by atoms with E-state index in [1.54, 1.807) is 44.2 Å². The van der Waals surface area contributed by atoms with Gasteiger partial charge in [0, 0.05) is 25.2 Å². The number of halogens is 1. The van der Waals surface area contributed by atoms with Crippen LogP contribution < -0.4 is 26.8 Å². The van der Waals surface area contributed by atoms with Crippen molar-refractivity contribution in [1.82, 2.24) is 18.4 Å². The predicted octanol–water partition coefficient (Wildman–Crippen LogP) is 3.84. The highest BCUT2D eigenvalue weighted by atomic mass is 32.2. The van der Waals surface area contributed by atoms with E-state index in [2.05, 4.69) is 10.0 Å². The molecular formula is C28H30FN5O4S. The van der Waals surface area contributed by atoms with Crippen LogP contribution in [0, 0.1) is 19.7 Å². The summed E-state index contributed by atoms with van der Waals surface area (Å²) in [6.07, 6.45) is 1.38. The van der Waals surface area contributed by atoms with E-state index in [1.807, 2.05) is 13.8 Å². The molecule has 9 nitrogen and oxygen atoms in total. The van der Waals surface area contributed by atoms with Gasteiger partial charge in [0.05, 0.1) is 21.8 Å². The molecule has 1 saturated carbocycles. The number of aromatic nitrogens is 3. The number of pyridine rings is 1. The maximum Gasteiger partial charge on any atom is 0.336 e. The highest BCUT2D eigenvalue weighted by Gasteiger charge is 2.32. The minimum Gasteiger partial charge on any atom is -0.338 e. The van der Waals surface area contributed by atoms with Crippen molar-refractivity contribution in [1.29, 1.82) is 0 Å². The fraction of sp³-hybridized carbons (Fsp3) is 0.321. The minimum atomic E-state index is -1.33. The standard InChI is InChI=1S/C26H24FN5O4S.C2H6/c1-13-4-8-19(18(27)10-13)29-23-21-22(14(2)24(33)30(23)3)31(26(35)32(25(21)34)16-5-6-16)17-7-9-20-15(11-17)12-28-37(20)36;1-2/h4,7-11,16,28-29H,5-6,12H2,1-3H3;1-2H3. The lowest BCUT2D eigenvalue weighted by molar-refractivity contribution is 0.630. The zero-order valence-electron chi connectivity index (χ0n) is 22.4. The molecule has 6 rings (SSSR count). The van der Waals surface area contributed by atoms with Crippen molar-refractivity contribution in [2.24, 2.45) is 7.05 Å². The first kappa shape index (κ1) is 26.8. The molecule has 0 amide bonds. The van der Waals surface area contributed by atoms with Crippen LogP contribution in [-0.4, -0.2) is 17.9 Å². The van der Waals surface area contributed by atoms with E-state index in [9.17, 15) is 23.0 Å². The second-order valence-corrected chi connectivity index (χ2v) is 10.8. The SMILES string of the molecule is CC.Cc1ccc(Nc2c3c(=O)n(C4CC4)c(=O)n(-c4ccc5c(c4)CNS5=O)c3c(C)c(=O)n2C)c(F)c1. The second kappa shape index (κ2) is 10.0. The molecule has 1 fully saturated rings. The van der Waals surface area contributed by atoms with E-state index < -0.39 is 33.6 Å². The molecule has 39 heavy (non-hydrogen) atoms. The highest BCUT2D eigenvalue weighted by Crippen LogP contribution is 2.34. The molecular weight excluding hydrogens is 521 g/mol. The van der Waals surface area contributed by atoms with Crippen LogP contribution in [0.3, 0.4) is 0 Å². The van der Waals surface area contributed by atoms with E-state index in [0.717, 1.165) is 11.1 Å². The summed E-state index contributed by atoms with van der Waals surface area (Å²) in [5, 5.41) is 3.08. The number of nitrogens with zero attached hydrogens (tertiary/aromatic N) is 3. The molecule has 2 aromatic carbocycles. The number of aryl methyl sites for hydroxylation is 2. The Bertz CT molecular complexity index is 1850. The predicted molar refractivity (Wildman–Crippen MR) is 151 cm³/mol. The van der Waals surface area contributed by atoms with Crippen molar-refractivity contribution in [2.75, 3.05) is 5.32 Å². The van der Waals surface area contributed by atoms with Crippen LogP contribution in [0.5, 0.6) is 0 Å². The smallest absolute Gasteiger partial charge is 0.336 e. The normalized spacial score (nSPS) is 16.1. The van der Waals surface area contributed by atoms with Gasteiger partial charge >= 0.3 is 5.69 Å². The van der Waals surface area contributed by atoms with E-state index in [-0.39, 0.29) is 34.0 Å². The zero-order chi connectivity index (χ0) is 28.2. The van der Waals surface area contributed by atoms with Crippen LogP contribution in [0.1, 0.15) is 49.4 Å². The van der Waals surface area contributed by atoms with Crippen LogP contribution in [0.4, 0.5) is 15.9 Å². The Morgan fingerprint density at radius 2 is 1.74 bits per heavy atom. The highest BCUT2D eigenvalue weighted by molar-refractivity contribution is 7.83. The molecule has 3 heterocycles. The molecule has 1 unspecified atom stereocenters. The third-order valence-electron chi connectivity index (χ3n) is 7.03. The largest absolute Gasteiger partial charge is 0.338 e. The average molecular weight is 552 g/mol. The molecule has 2 aromatic heterocycles. The molecule has 2 aliphatic rings. The fourth-order valence-electron chi connectivity index (χ4n) is 4.95. The minimum absolute atomic E-state index is 0.102. The molecule has 204 valence electrons. The lowest BCUT2D eigenvalue weighted by atomic mass is 10.1. The van der Waals surface area contributed by atoms with Crippen molar-refractivity contribution in [3.8, 4) is 5.69 Å². The fourth-order valence-corrected chi connectivity index (χ4v) is 5.95. The summed E-state index contributed by atoms with van der Waals surface area (Å²) < 4.78 is 33.8. The number of hydrogen-bond donors (Lipinski definition) is 2. The van der Waals surface area contributed by atoms with Crippen LogP contribution in [-0.2, 0) is 24.6 Å². The first-order chi connectivity index (χ1) is 18.7. The van der Waals surface area contributed by atoms with Gasteiger partial charge in [-0.15, -0.1) is 0 Å². The quantitative estimate of drug-likeness (QED) is 0.401. The molecule has 1 aliphatic carbocycles. The number of benzene rings is 2. The Hall–Kier alpha value is -3.83. The van der Waals surface area contributed by atoms with Crippen LogP contribution in [0.2, 0.25) is 0 Å². The molecule has 0 bridgehead atoms. The summed E-state index contributed by atoms with van der Waals surface area (Å²) in [5.41, 5.74) is 0.920. The lowest BCUT2D eigenvalue weighted by Gasteiger charge is -2.21. The molecule has 0 radical (unpaired) electrons. The first-order valence-electron chi connectivity index (χ1n) is 12.9. The van der Waals surface area contributed by atoms with Gasteiger partial charge in [-0.2, -0.15) is 0 Å². The third kappa shape index (κ3) is 4.35. The number of nitrogens with one attached hydrogen (secondary N) is 2. The second-order valence-electron chi connectivity index (χ2n) is 9.58. The van der Waals surface area contributed by atoms with E-state index >= 15 is 0 Å². The number of fused-ring (bicyclic) bond motifs is 2. The van der Waals surface area contributed by atoms with Gasteiger partial charge in [-0.25, -0.2) is 18.1 Å². The van der Waals surface area contributed by atoms with Gasteiger partial charge in [0.15, 0.2) is 0 Å². The maximum absolute atomic E-state index is 14.8. The molecule has 0 saturated heterocycles. The van der Waals surface area contributed by atoms with Crippen LogP contribution in [0.15, 0.2) is 55.7 Å². The van der Waals surface area contributed by atoms with Gasteiger partial charge in [0.2, 0.25) is 0 Å². The Morgan fingerprint density at radius 3 is 2.41 bits per heavy atom. The van der Waals surface area contributed by atoms with Gasteiger partial charge in [-0.3, -0.25) is 23.3 Å². The Labute approximate surface area is 226 Å².